The summed E-state index contributed by atoms with van der Waals surface area (Å²) in [6.07, 6.45) is 3.15. The SMILES string of the molecule is CCc1cc(-c2nc(N3CCC(CN)CC3)n[nH]2)n(C)n1. The summed E-state index contributed by atoms with van der Waals surface area (Å²) < 4.78 is 1.85. The summed E-state index contributed by atoms with van der Waals surface area (Å²) in [6.45, 7) is 4.83. The highest BCUT2D eigenvalue weighted by Crippen LogP contribution is 2.22. The highest BCUT2D eigenvalue weighted by atomic mass is 15.4. The van der Waals surface area contributed by atoms with Gasteiger partial charge in [-0.1, -0.05) is 6.92 Å². The molecule has 7 nitrogen and oxygen atoms in total. The summed E-state index contributed by atoms with van der Waals surface area (Å²) in [7, 11) is 1.93. The minimum Gasteiger partial charge on any atom is -0.340 e. The predicted molar refractivity (Wildman–Crippen MR) is 82.0 cm³/mol. The number of aryl methyl sites for hydroxylation is 2. The van der Waals surface area contributed by atoms with Crippen LogP contribution in [0.5, 0.6) is 0 Å². The average molecular weight is 289 g/mol. The maximum Gasteiger partial charge on any atom is 0.245 e. The third kappa shape index (κ3) is 2.78. The van der Waals surface area contributed by atoms with Crippen molar-refractivity contribution in [2.75, 3.05) is 24.5 Å². The molecular weight excluding hydrogens is 266 g/mol. The van der Waals surface area contributed by atoms with E-state index in [2.05, 4.69) is 38.2 Å². The van der Waals surface area contributed by atoms with Gasteiger partial charge in [-0.3, -0.25) is 9.78 Å². The zero-order valence-electron chi connectivity index (χ0n) is 12.7. The van der Waals surface area contributed by atoms with Crippen LogP contribution in [0.1, 0.15) is 25.5 Å². The van der Waals surface area contributed by atoms with Crippen LogP contribution in [0.3, 0.4) is 0 Å². The van der Waals surface area contributed by atoms with E-state index in [0.717, 1.165) is 62.1 Å². The largest absolute Gasteiger partial charge is 0.340 e. The number of hydrogen-bond acceptors (Lipinski definition) is 5. The van der Waals surface area contributed by atoms with Crippen molar-refractivity contribution in [3.05, 3.63) is 11.8 Å². The fourth-order valence-electron chi connectivity index (χ4n) is 2.80. The maximum absolute atomic E-state index is 5.73. The Balaban J connectivity index is 1.75. The van der Waals surface area contributed by atoms with Crippen molar-refractivity contribution in [3.63, 3.8) is 0 Å². The first-order valence-corrected chi connectivity index (χ1v) is 7.62. The molecule has 0 unspecified atom stereocenters. The number of aromatic amines is 1. The number of aromatic nitrogens is 5. The summed E-state index contributed by atoms with van der Waals surface area (Å²) in [6, 6.07) is 2.06. The molecule has 0 amide bonds. The monoisotopic (exact) mass is 289 g/mol. The van der Waals surface area contributed by atoms with Crippen molar-refractivity contribution in [2.45, 2.75) is 26.2 Å². The van der Waals surface area contributed by atoms with Gasteiger partial charge < -0.3 is 10.6 Å². The molecule has 3 heterocycles. The van der Waals surface area contributed by atoms with Crippen molar-refractivity contribution < 1.29 is 0 Å². The highest BCUT2D eigenvalue weighted by Gasteiger charge is 2.21. The molecule has 3 rings (SSSR count). The van der Waals surface area contributed by atoms with Gasteiger partial charge in [-0.05, 0) is 37.8 Å². The van der Waals surface area contributed by atoms with Crippen LogP contribution in [-0.2, 0) is 13.5 Å². The second kappa shape index (κ2) is 5.85. The predicted octanol–water partition coefficient (Wildman–Crippen LogP) is 0.943. The van der Waals surface area contributed by atoms with Crippen molar-refractivity contribution >= 4 is 5.95 Å². The highest BCUT2D eigenvalue weighted by molar-refractivity contribution is 5.52. The van der Waals surface area contributed by atoms with Crippen LogP contribution < -0.4 is 10.6 Å². The van der Waals surface area contributed by atoms with Gasteiger partial charge in [0.05, 0.1) is 5.69 Å². The minimum atomic E-state index is 0.642. The summed E-state index contributed by atoms with van der Waals surface area (Å²) >= 11 is 0. The number of rotatable bonds is 4. The summed E-state index contributed by atoms with van der Waals surface area (Å²) in [5.74, 6) is 2.20. The van der Waals surface area contributed by atoms with Crippen LogP contribution >= 0.6 is 0 Å². The van der Waals surface area contributed by atoms with Crippen LogP contribution in [0.25, 0.3) is 11.5 Å². The number of hydrogen-bond donors (Lipinski definition) is 2. The molecule has 2 aromatic heterocycles. The maximum atomic E-state index is 5.73. The molecule has 0 atom stereocenters. The standard InChI is InChI=1S/C14H23N7/c1-3-11-8-12(20(2)19-11)13-16-14(18-17-13)21-6-4-10(9-15)5-7-21/h8,10H,3-7,9,15H2,1-2H3,(H,16,17,18). The van der Waals surface area contributed by atoms with Crippen molar-refractivity contribution in [3.8, 4) is 11.5 Å². The van der Waals surface area contributed by atoms with E-state index < -0.39 is 0 Å². The zero-order valence-corrected chi connectivity index (χ0v) is 12.7. The molecule has 114 valence electrons. The molecule has 3 N–H and O–H groups in total. The Bertz CT molecular complexity index is 592. The molecule has 21 heavy (non-hydrogen) atoms. The third-order valence-corrected chi connectivity index (χ3v) is 4.24. The van der Waals surface area contributed by atoms with Crippen LogP contribution in [-0.4, -0.2) is 44.6 Å². The van der Waals surface area contributed by atoms with Gasteiger partial charge in [0, 0.05) is 20.1 Å². The number of H-pyrrole nitrogens is 1. The van der Waals surface area contributed by atoms with Gasteiger partial charge in [-0.2, -0.15) is 10.1 Å². The molecule has 7 heteroatoms. The first-order valence-electron chi connectivity index (χ1n) is 7.62. The van der Waals surface area contributed by atoms with Gasteiger partial charge >= 0.3 is 0 Å². The lowest BCUT2D eigenvalue weighted by atomic mass is 9.97. The van der Waals surface area contributed by atoms with E-state index in [1.54, 1.807) is 0 Å². The van der Waals surface area contributed by atoms with Crippen LogP contribution in [0.4, 0.5) is 5.95 Å². The van der Waals surface area contributed by atoms with E-state index in [-0.39, 0.29) is 0 Å². The van der Waals surface area contributed by atoms with Crippen molar-refractivity contribution in [1.29, 1.82) is 0 Å². The van der Waals surface area contributed by atoms with Gasteiger partial charge in [-0.15, -0.1) is 5.10 Å². The van der Waals surface area contributed by atoms with Crippen molar-refractivity contribution in [2.24, 2.45) is 18.7 Å². The molecule has 1 aliphatic heterocycles. The molecule has 2 aromatic rings. The molecule has 0 radical (unpaired) electrons. The van der Waals surface area contributed by atoms with Gasteiger partial charge in [0.25, 0.3) is 0 Å². The first kappa shape index (κ1) is 14.1. The number of nitrogens with one attached hydrogen (secondary N) is 1. The second-order valence-electron chi connectivity index (χ2n) is 5.65. The number of piperidine rings is 1. The Morgan fingerprint density at radius 2 is 2.14 bits per heavy atom. The molecule has 1 fully saturated rings. The van der Waals surface area contributed by atoms with Gasteiger partial charge in [0.1, 0.15) is 5.69 Å². The van der Waals surface area contributed by atoms with E-state index in [9.17, 15) is 0 Å². The fraction of sp³-hybridized carbons (Fsp3) is 0.643. The van der Waals surface area contributed by atoms with E-state index >= 15 is 0 Å². The number of nitrogens with zero attached hydrogens (tertiary/aromatic N) is 5. The minimum absolute atomic E-state index is 0.642. The first-order chi connectivity index (χ1) is 10.2. The third-order valence-electron chi connectivity index (χ3n) is 4.24. The summed E-state index contributed by atoms with van der Waals surface area (Å²) in [5.41, 5.74) is 7.77. The lowest BCUT2D eigenvalue weighted by Gasteiger charge is -2.30. The molecule has 0 bridgehead atoms. The lowest BCUT2D eigenvalue weighted by Crippen LogP contribution is -2.36. The summed E-state index contributed by atoms with van der Waals surface area (Å²) in [4.78, 5) is 6.86. The van der Waals surface area contributed by atoms with Gasteiger partial charge in [0.15, 0.2) is 5.82 Å². The van der Waals surface area contributed by atoms with E-state index in [1.165, 1.54) is 0 Å². The molecular formula is C14H23N7. The van der Waals surface area contributed by atoms with Gasteiger partial charge in [-0.25, -0.2) is 0 Å². The van der Waals surface area contributed by atoms with Crippen LogP contribution in [0, 0.1) is 5.92 Å². The average Bonchev–Trinajstić information content (AvgIpc) is 3.13. The molecule has 0 spiro atoms. The van der Waals surface area contributed by atoms with Crippen molar-refractivity contribution in [1.82, 2.24) is 25.0 Å². The summed E-state index contributed by atoms with van der Waals surface area (Å²) in [5, 5.41) is 11.8. The van der Waals surface area contributed by atoms with E-state index in [1.807, 2.05) is 11.7 Å². The zero-order chi connectivity index (χ0) is 14.8. The topological polar surface area (TPSA) is 88.7 Å². The number of nitrogens with two attached hydrogens (primary N) is 1. The van der Waals surface area contributed by atoms with Crippen LogP contribution in [0.15, 0.2) is 6.07 Å². The molecule has 1 aliphatic rings. The molecule has 0 aliphatic carbocycles. The Hall–Kier alpha value is -1.89. The molecule has 1 saturated heterocycles. The van der Waals surface area contributed by atoms with Gasteiger partial charge in [0.2, 0.25) is 5.95 Å². The lowest BCUT2D eigenvalue weighted by molar-refractivity contribution is 0.411. The van der Waals surface area contributed by atoms with E-state index in [4.69, 9.17) is 5.73 Å². The molecule has 0 aromatic carbocycles. The van der Waals surface area contributed by atoms with Crippen LogP contribution in [0.2, 0.25) is 0 Å². The molecule has 0 saturated carbocycles. The Labute approximate surface area is 124 Å². The number of anilines is 1. The smallest absolute Gasteiger partial charge is 0.245 e. The quantitative estimate of drug-likeness (QED) is 0.874. The van der Waals surface area contributed by atoms with E-state index in [0.29, 0.717) is 5.92 Å². The Kier molecular flexibility index (Phi) is 3.92. The fourth-order valence-corrected chi connectivity index (χ4v) is 2.80. The normalized spacial score (nSPS) is 16.6. The second-order valence-corrected chi connectivity index (χ2v) is 5.65. The Morgan fingerprint density at radius 1 is 1.38 bits per heavy atom. The Morgan fingerprint density at radius 3 is 2.76 bits per heavy atom.